The molecule has 1 N–H and O–H groups in total. The van der Waals surface area contributed by atoms with Gasteiger partial charge in [-0.05, 0) is 31.5 Å². The zero-order valence-corrected chi connectivity index (χ0v) is 9.66. The van der Waals surface area contributed by atoms with Crippen LogP contribution in [-0.4, -0.2) is 18.7 Å². The predicted molar refractivity (Wildman–Crippen MR) is 61.9 cm³/mol. The van der Waals surface area contributed by atoms with Crippen molar-refractivity contribution in [3.8, 4) is 6.07 Å². The summed E-state index contributed by atoms with van der Waals surface area (Å²) in [5.74, 6) is 0. The largest absolute Gasteiger partial charge is 0.365 e. The Kier molecular flexibility index (Phi) is 2.95. The van der Waals surface area contributed by atoms with Crippen LogP contribution in [0.4, 0.5) is 0 Å². The number of nitriles is 1. The SMILES string of the molecule is CC1(C)CNCC(c2ccc(C#N)cc2)O1. The van der Waals surface area contributed by atoms with Gasteiger partial charge in [-0.2, -0.15) is 5.26 Å². The molecule has 3 nitrogen and oxygen atoms in total. The standard InChI is InChI=1S/C13H16N2O/c1-13(2)9-15-8-12(16-13)11-5-3-10(7-14)4-6-11/h3-6,12,15H,8-9H2,1-2H3. The highest BCUT2D eigenvalue weighted by Gasteiger charge is 2.28. The van der Waals surface area contributed by atoms with Crippen LogP contribution in [0.25, 0.3) is 0 Å². The number of nitrogens with one attached hydrogen (secondary N) is 1. The van der Waals surface area contributed by atoms with E-state index in [2.05, 4.69) is 25.2 Å². The summed E-state index contributed by atoms with van der Waals surface area (Å²) in [6, 6.07) is 9.71. The third-order valence-electron chi connectivity index (χ3n) is 2.75. The van der Waals surface area contributed by atoms with Crippen LogP contribution in [0.5, 0.6) is 0 Å². The van der Waals surface area contributed by atoms with Gasteiger partial charge < -0.3 is 10.1 Å². The molecule has 0 radical (unpaired) electrons. The highest BCUT2D eigenvalue weighted by molar-refractivity contribution is 5.32. The second-order valence-corrected chi connectivity index (χ2v) is 4.73. The summed E-state index contributed by atoms with van der Waals surface area (Å²) in [6.07, 6.45) is 0.0801. The van der Waals surface area contributed by atoms with Crippen molar-refractivity contribution in [2.75, 3.05) is 13.1 Å². The van der Waals surface area contributed by atoms with Crippen LogP contribution in [0.15, 0.2) is 24.3 Å². The monoisotopic (exact) mass is 216 g/mol. The Morgan fingerprint density at radius 3 is 2.62 bits per heavy atom. The molecule has 1 saturated heterocycles. The van der Waals surface area contributed by atoms with Crippen molar-refractivity contribution in [2.45, 2.75) is 25.6 Å². The summed E-state index contributed by atoms with van der Waals surface area (Å²) in [5, 5.41) is 12.1. The lowest BCUT2D eigenvalue weighted by atomic mass is 10.0. The van der Waals surface area contributed by atoms with E-state index < -0.39 is 0 Å². The molecule has 1 unspecified atom stereocenters. The van der Waals surface area contributed by atoms with E-state index in [9.17, 15) is 0 Å². The van der Waals surface area contributed by atoms with Gasteiger partial charge in [-0.15, -0.1) is 0 Å². The van der Waals surface area contributed by atoms with Crippen molar-refractivity contribution < 1.29 is 4.74 Å². The van der Waals surface area contributed by atoms with E-state index in [0.717, 1.165) is 18.7 Å². The van der Waals surface area contributed by atoms with Gasteiger partial charge in [0.05, 0.1) is 23.3 Å². The number of ether oxygens (including phenoxy) is 1. The maximum Gasteiger partial charge on any atom is 0.0991 e. The van der Waals surface area contributed by atoms with Crippen molar-refractivity contribution in [1.82, 2.24) is 5.32 Å². The van der Waals surface area contributed by atoms with E-state index in [-0.39, 0.29) is 11.7 Å². The van der Waals surface area contributed by atoms with Crippen LogP contribution >= 0.6 is 0 Å². The fraction of sp³-hybridized carbons (Fsp3) is 0.462. The van der Waals surface area contributed by atoms with Gasteiger partial charge in [0.15, 0.2) is 0 Å². The smallest absolute Gasteiger partial charge is 0.0991 e. The fourth-order valence-corrected chi connectivity index (χ4v) is 1.93. The van der Waals surface area contributed by atoms with Crippen molar-refractivity contribution in [3.05, 3.63) is 35.4 Å². The molecule has 0 aliphatic carbocycles. The number of rotatable bonds is 1. The van der Waals surface area contributed by atoms with Gasteiger partial charge in [0, 0.05) is 13.1 Å². The Labute approximate surface area is 96.0 Å². The molecule has 1 heterocycles. The first-order valence-corrected chi connectivity index (χ1v) is 5.49. The van der Waals surface area contributed by atoms with E-state index in [1.807, 2.05) is 24.3 Å². The molecule has 1 aromatic carbocycles. The quantitative estimate of drug-likeness (QED) is 0.781. The maximum atomic E-state index is 8.73. The van der Waals surface area contributed by atoms with Gasteiger partial charge in [-0.25, -0.2) is 0 Å². The summed E-state index contributed by atoms with van der Waals surface area (Å²) in [4.78, 5) is 0. The second-order valence-electron chi connectivity index (χ2n) is 4.73. The van der Waals surface area contributed by atoms with Gasteiger partial charge in [0.1, 0.15) is 0 Å². The number of hydrogen-bond acceptors (Lipinski definition) is 3. The Morgan fingerprint density at radius 1 is 1.38 bits per heavy atom. The first-order valence-electron chi connectivity index (χ1n) is 5.49. The normalized spacial score (nSPS) is 23.7. The van der Waals surface area contributed by atoms with E-state index in [4.69, 9.17) is 10.00 Å². The Bertz CT molecular complexity index is 403. The summed E-state index contributed by atoms with van der Waals surface area (Å²) in [5.41, 5.74) is 1.68. The molecule has 1 aliphatic rings. The number of benzene rings is 1. The second kappa shape index (κ2) is 4.25. The number of nitrogens with zero attached hydrogens (tertiary/aromatic N) is 1. The Balaban J connectivity index is 2.15. The number of hydrogen-bond donors (Lipinski definition) is 1. The molecule has 0 saturated carbocycles. The van der Waals surface area contributed by atoms with Gasteiger partial charge >= 0.3 is 0 Å². The van der Waals surface area contributed by atoms with Gasteiger partial charge in [0.2, 0.25) is 0 Å². The molecular formula is C13H16N2O. The number of morpholine rings is 1. The molecule has 1 atom stereocenters. The molecule has 0 aromatic heterocycles. The van der Waals surface area contributed by atoms with Gasteiger partial charge in [-0.1, -0.05) is 12.1 Å². The van der Waals surface area contributed by atoms with Crippen LogP contribution in [0.2, 0.25) is 0 Å². The molecular weight excluding hydrogens is 200 g/mol. The summed E-state index contributed by atoms with van der Waals surface area (Å²) >= 11 is 0. The molecule has 0 amide bonds. The van der Waals surface area contributed by atoms with E-state index >= 15 is 0 Å². The minimum Gasteiger partial charge on any atom is -0.365 e. The highest BCUT2D eigenvalue weighted by Crippen LogP contribution is 2.26. The first kappa shape index (κ1) is 11.1. The fourth-order valence-electron chi connectivity index (χ4n) is 1.93. The van der Waals surface area contributed by atoms with Crippen molar-refractivity contribution in [3.63, 3.8) is 0 Å². The summed E-state index contributed by atoms with van der Waals surface area (Å²) in [6.45, 7) is 5.86. The highest BCUT2D eigenvalue weighted by atomic mass is 16.5. The minimum atomic E-state index is -0.128. The topological polar surface area (TPSA) is 45.0 Å². The lowest BCUT2D eigenvalue weighted by Gasteiger charge is -2.36. The van der Waals surface area contributed by atoms with Crippen molar-refractivity contribution in [2.24, 2.45) is 0 Å². The summed E-state index contributed by atoms with van der Waals surface area (Å²) in [7, 11) is 0. The maximum absolute atomic E-state index is 8.73. The lowest BCUT2D eigenvalue weighted by Crippen LogP contribution is -2.46. The molecule has 1 fully saturated rings. The van der Waals surface area contributed by atoms with Crippen molar-refractivity contribution in [1.29, 1.82) is 5.26 Å². The van der Waals surface area contributed by atoms with Gasteiger partial charge in [-0.3, -0.25) is 0 Å². The average Bonchev–Trinajstić information content (AvgIpc) is 2.28. The third kappa shape index (κ3) is 2.41. The summed E-state index contributed by atoms with van der Waals surface area (Å²) < 4.78 is 5.99. The Morgan fingerprint density at radius 2 is 2.06 bits per heavy atom. The van der Waals surface area contributed by atoms with Crippen LogP contribution in [-0.2, 0) is 4.74 Å². The third-order valence-corrected chi connectivity index (χ3v) is 2.75. The molecule has 1 aromatic rings. The molecule has 0 bridgehead atoms. The zero-order chi connectivity index (χ0) is 11.6. The molecule has 1 aliphatic heterocycles. The van der Waals surface area contributed by atoms with E-state index in [1.165, 1.54) is 0 Å². The van der Waals surface area contributed by atoms with Crippen LogP contribution in [0.1, 0.15) is 31.1 Å². The van der Waals surface area contributed by atoms with Crippen molar-refractivity contribution >= 4 is 0 Å². The molecule has 2 rings (SSSR count). The molecule has 16 heavy (non-hydrogen) atoms. The predicted octanol–water partition coefficient (Wildman–Crippen LogP) is 2.00. The van der Waals surface area contributed by atoms with Crippen LogP contribution in [0.3, 0.4) is 0 Å². The zero-order valence-electron chi connectivity index (χ0n) is 9.66. The molecule has 0 spiro atoms. The minimum absolute atomic E-state index is 0.0801. The van der Waals surface area contributed by atoms with Gasteiger partial charge in [0.25, 0.3) is 0 Å². The average molecular weight is 216 g/mol. The molecule has 84 valence electrons. The van der Waals surface area contributed by atoms with E-state index in [1.54, 1.807) is 0 Å². The molecule has 3 heteroatoms. The van der Waals surface area contributed by atoms with Crippen LogP contribution in [0, 0.1) is 11.3 Å². The van der Waals surface area contributed by atoms with E-state index in [0.29, 0.717) is 5.56 Å². The Hall–Kier alpha value is -1.37. The first-order chi connectivity index (χ1) is 7.61. The van der Waals surface area contributed by atoms with Crippen LogP contribution < -0.4 is 5.32 Å². The lowest BCUT2D eigenvalue weighted by molar-refractivity contribution is -0.0958.